The number of ether oxygens (including phenoxy) is 1. The average Bonchev–Trinajstić information content (AvgIpc) is 3.15. The standard InChI is InChI=1S/C26H26ClF4N7O2/c1-40-20-5-17(28)8-32-22(20)36-11-24(12-36)13-37(14-24)23-34-33-21-10-35(18-6-25(39,7-18)26(29,30)31)9-15-4-16(27)2-3-19(15)38(21)23/h2-5,8,18,39H,6-7,9-14H2,1H3. The normalized spacial score (nSPS) is 25.4. The van der Waals surface area contributed by atoms with E-state index in [1.807, 2.05) is 21.6 Å². The number of methoxy groups -OCH3 is 1. The highest BCUT2D eigenvalue weighted by Crippen LogP contribution is 2.49. The van der Waals surface area contributed by atoms with E-state index in [1.54, 1.807) is 6.07 Å². The molecule has 0 bridgehead atoms. The summed E-state index contributed by atoms with van der Waals surface area (Å²) < 4.78 is 60.7. The van der Waals surface area contributed by atoms with Crippen LogP contribution < -0.4 is 14.5 Å². The van der Waals surface area contributed by atoms with Crippen LogP contribution in [-0.2, 0) is 13.1 Å². The van der Waals surface area contributed by atoms with Crippen LogP contribution in [0, 0.1) is 11.2 Å². The minimum absolute atomic E-state index is 0.0288. The Hall–Kier alpha value is -3.16. The molecule has 9 nitrogen and oxygen atoms in total. The monoisotopic (exact) mass is 579 g/mol. The van der Waals surface area contributed by atoms with Crippen LogP contribution in [0.4, 0.5) is 29.3 Å². The predicted molar refractivity (Wildman–Crippen MR) is 137 cm³/mol. The Labute approximate surface area is 231 Å². The maximum absolute atomic E-state index is 13.6. The van der Waals surface area contributed by atoms with Crippen molar-refractivity contribution in [3.63, 3.8) is 0 Å². The lowest BCUT2D eigenvalue weighted by Crippen LogP contribution is -2.73. The molecule has 0 radical (unpaired) electrons. The van der Waals surface area contributed by atoms with Crippen LogP contribution in [0.5, 0.6) is 5.75 Å². The Morgan fingerprint density at radius 3 is 2.48 bits per heavy atom. The first-order valence-electron chi connectivity index (χ1n) is 12.9. The number of alkyl halides is 3. The number of benzene rings is 1. The molecule has 2 saturated heterocycles. The molecule has 0 atom stereocenters. The predicted octanol–water partition coefficient (Wildman–Crippen LogP) is 3.56. The topological polar surface area (TPSA) is 82.8 Å². The molecule has 3 aliphatic heterocycles. The number of pyridine rings is 1. The number of rotatable bonds is 4. The number of hydrogen-bond donors (Lipinski definition) is 1. The molecule has 4 aliphatic rings. The second-order valence-corrected chi connectivity index (χ2v) is 11.8. The van der Waals surface area contributed by atoms with E-state index in [4.69, 9.17) is 16.3 Å². The summed E-state index contributed by atoms with van der Waals surface area (Å²) in [6, 6.07) is 6.36. The Bertz CT molecular complexity index is 1480. The number of fused-ring (bicyclic) bond motifs is 3. The molecule has 0 unspecified atom stereocenters. The zero-order valence-electron chi connectivity index (χ0n) is 21.5. The lowest BCUT2D eigenvalue weighted by molar-refractivity contribution is -0.300. The zero-order valence-corrected chi connectivity index (χ0v) is 22.3. The molecule has 1 saturated carbocycles. The van der Waals surface area contributed by atoms with E-state index in [1.165, 1.54) is 19.4 Å². The first kappa shape index (κ1) is 25.8. The maximum atomic E-state index is 13.6. The molecule has 1 N–H and O–H groups in total. The Kier molecular flexibility index (Phi) is 5.59. The fraction of sp³-hybridized carbons (Fsp3) is 0.500. The Morgan fingerprint density at radius 2 is 1.77 bits per heavy atom. The lowest BCUT2D eigenvalue weighted by atomic mass is 9.73. The molecule has 14 heteroatoms. The van der Waals surface area contributed by atoms with Gasteiger partial charge < -0.3 is 19.6 Å². The number of hydrogen-bond acceptors (Lipinski definition) is 8. The van der Waals surface area contributed by atoms with Crippen molar-refractivity contribution in [2.24, 2.45) is 5.41 Å². The molecule has 1 aromatic carbocycles. The molecular weight excluding hydrogens is 554 g/mol. The van der Waals surface area contributed by atoms with Crippen molar-refractivity contribution in [1.29, 1.82) is 0 Å². The maximum Gasteiger partial charge on any atom is 0.417 e. The van der Waals surface area contributed by atoms with Crippen LogP contribution in [0.1, 0.15) is 24.2 Å². The first-order valence-corrected chi connectivity index (χ1v) is 13.3. The van der Waals surface area contributed by atoms with E-state index in [-0.39, 0.29) is 18.3 Å². The summed E-state index contributed by atoms with van der Waals surface area (Å²) in [7, 11) is 1.49. The van der Waals surface area contributed by atoms with Crippen molar-refractivity contribution in [2.75, 3.05) is 43.1 Å². The number of halogens is 5. The summed E-state index contributed by atoms with van der Waals surface area (Å²) >= 11 is 6.31. The molecule has 3 aromatic rings. The van der Waals surface area contributed by atoms with Crippen molar-refractivity contribution >= 4 is 23.4 Å². The van der Waals surface area contributed by atoms with Gasteiger partial charge in [0.05, 0.1) is 25.5 Å². The minimum atomic E-state index is -4.66. The highest BCUT2D eigenvalue weighted by molar-refractivity contribution is 6.30. The van der Waals surface area contributed by atoms with Gasteiger partial charge in [-0.3, -0.25) is 9.47 Å². The summed E-state index contributed by atoms with van der Waals surface area (Å²) in [6.07, 6.45) is -4.24. The molecule has 0 amide bonds. The molecule has 212 valence electrons. The van der Waals surface area contributed by atoms with E-state index in [2.05, 4.69) is 25.0 Å². The highest BCUT2D eigenvalue weighted by Gasteiger charge is 2.62. The third-order valence-electron chi connectivity index (χ3n) is 8.61. The van der Waals surface area contributed by atoms with Crippen LogP contribution in [0.3, 0.4) is 0 Å². The number of nitrogens with zero attached hydrogens (tertiary/aromatic N) is 7. The summed E-state index contributed by atoms with van der Waals surface area (Å²) in [5.74, 6) is 1.85. The molecule has 5 heterocycles. The van der Waals surface area contributed by atoms with Crippen LogP contribution in [0.15, 0.2) is 30.5 Å². The van der Waals surface area contributed by atoms with E-state index in [0.29, 0.717) is 41.5 Å². The molecule has 1 spiro atoms. The van der Waals surface area contributed by atoms with Crippen molar-refractivity contribution < 1.29 is 27.4 Å². The van der Waals surface area contributed by atoms with Gasteiger partial charge in [0.1, 0.15) is 5.82 Å². The molecule has 7 rings (SSSR count). The third-order valence-corrected chi connectivity index (χ3v) is 8.85. The van der Waals surface area contributed by atoms with Crippen LogP contribution in [0.2, 0.25) is 5.02 Å². The summed E-state index contributed by atoms with van der Waals surface area (Å²) in [6.45, 7) is 3.62. The van der Waals surface area contributed by atoms with Gasteiger partial charge in [-0.25, -0.2) is 9.37 Å². The lowest BCUT2D eigenvalue weighted by Gasteiger charge is -2.60. The summed E-state index contributed by atoms with van der Waals surface area (Å²) in [5, 5.41) is 19.5. The van der Waals surface area contributed by atoms with Gasteiger partial charge in [-0.1, -0.05) is 11.6 Å². The fourth-order valence-corrected chi connectivity index (χ4v) is 6.70. The van der Waals surface area contributed by atoms with E-state index in [0.717, 1.165) is 37.4 Å². The summed E-state index contributed by atoms with van der Waals surface area (Å²) in [4.78, 5) is 10.3. The smallest absolute Gasteiger partial charge is 0.417 e. The summed E-state index contributed by atoms with van der Waals surface area (Å²) in [5.41, 5.74) is -0.935. The quantitative estimate of drug-likeness (QED) is 0.470. The largest absolute Gasteiger partial charge is 0.493 e. The molecular formula is C26H26ClF4N7O2. The SMILES string of the molecule is COc1cc(F)cnc1N1CC2(C1)CN(c1nnc3n1-c1ccc(Cl)cc1CN(C1CC(O)(C(F)(F)F)C1)C3)C2. The molecule has 40 heavy (non-hydrogen) atoms. The Balaban J connectivity index is 1.11. The number of aromatic nitrogens is 4. The molecule has 3 fully saturated rings. The number of anilines is 2. The average molecular weight is 580 g/mol. The third kappa shape index (κ3) is 3.92. The van der Waals surface area contributed by atoms with Crippen LogP contribution >= 0.6 is 11.6 Å². The van der Waals surface area contributed by atoms with Crippen molar-refractivity contribution in [3.8, 4) is 11.4 Å². The highest BCUT2D eigenvalue weighted by atomic mass is 35.5. The van der Waals surface area contributed by atoms with Crippen molar-refractivity contribution in [1.82, 2.24) is 24.6 Å². The van der Waals surface area contributed by atoms with Crippen LogP contribution in [-0.4, -0.2) is 80.9 Å². The zero-order chi connectivity index (χ0) is 28.0. The van der Waals surface area contributed by atoms with Crippen LogP contribution in [0.25, 0.3) is 5.69 Å². The van der Waals surface area contributed by atoms with Gasteiger partial charge in [0, 0.05) is 68.1 Å². The van der Waals surface area contributed by atoms with Crippen molar-refractivity contribution in [2.45, 2.75) is 43.8 Å². The van der Waals surface area contributed by atoms with E-state index in [9.17, 15) is 22.7 Å². The van der Waals surface area contributed by atoms with Crippen molar-refractivity contribution in [3.05, 3.63) is 52.7 Å². The molecule has 2 aromatic heterocycles. The second kappa shape index (κ2) is 8.67. The van der Waals surface area contributed by atoms with Gasteiger partial charge in [0.2, 0.25) is 5.95 Å². The fourth-order valence-electron chi connectivity index (χ4n) is 6.50. The molecule has 1 aliphatic carbocycles. The van der Waals surface area contributed by atoms with Gasteiger partial charge in [0.15, 0.2) is 23.0 Å². The van der Waals surface area contributed by atoms with Gasteiger partial charge in [-0.05, 0) is 23.8 Å². The van der Waals surface area contributed by atoms with Gasteiger partial charge in [-0.15, -0.1) is 10.2 Å². The Morgan fingerprint density at radius 1 is 1.05 bits per heavy atom. The number of aliphatic hydroxyl groups is 1. The van der Waals surface area contributed by atoms with Gasteiger partial charge in [-0.2, -0.15) is 13.2 Å². The van der Waals surface area contributed by atoms with E-state index >= 15 is 0 Å². The van der Waals surface area contributed by atoms with Gasteiger partial charge >= 0.3 is 6.18 Å². The first-order chi connectivity index (χ1) is 19.0. The second-order valence-electron chi connectivity index (χ2n) is 11.4. The van der Waals surface area contributed by atoms with E-state index < -0.39 is 23.6 Å². The minimum Gasteiger partial charge on any atom is -0.493 e. The van der Waals surface area contributed by atoms with Gasteiger partial charge in [0.25, 0.3) is 0 Å².